The van der Waals surface area contributed by atoms with Crippen LogP contribution in [-0.2, 0) is 21.9 Å². The first-order valence-electron chi connectivity index (χ1n) is 16.1. The average Bonchev–Trinajstić information content (AvgIpc) is 3.55. The quantitative estimate of drug-likeness (QED) is 0.158. The lowest BCUT2D eigenvalue weighted by Gasteiger charge is -2.52. The summed E-state index contributed by atoms with van der Waals surface area (Å²) in [5.41, 5.74) is -1.76. The highest BCUT2D eigenvalue weighted by Gasteiger charge is 2.57. The van der Waals surface area contributed by atoms with Crippen LogP contribution >= 0.6 is 22.9 Å². The zero-order chi connectivity index (χ0) is 36.4. The molecule has 4 atom stereocenters. The van der Waals surface area contributed by atoms with Gasteiger partial charge >= 0.3 is 12.4 Å². The lowest BCUT2D eigenvalue weighted by atomic mass is 9.76. The van der Waals surface area contributed by atoms with Gasteiger partial charge in [0.15, 0.2) is 0 Å². The van der Waals surface area contributed by atoms with E-state index in [-0.39, 0.29) is 56.9 Å². The molecule has 2 aromatic rings. The number of carbonyl (C=O) groups is 3. The van der Waals surface area contributed by atoms with Gasteiger partial charge < -0.3 is 14.5 Å². The second kappa shape index (κ2) is 14.9. The number of alkyl halides is 6. The molecular weight excluding hydrogens is 714 g/mol. The lowest BCUT2D eigenvalue weighted by molar-refractivity contribution is -0.163. The third kappa shape index (κ3) is 7.81. The number of aromatic nitrogens is 1. The van der Waals surface area contributed by atoms with Crippen LogP contribution in [0.3, 0.4) is 0 Å². The van der Waals surface area contributed by atoms with Gasteiger partial charge in [0.2, 0.25) is 11.5 Å². The molecule has 1 aliphatic carbocycles. The molecule has 17 heteroatoms. The Hall–Kier alpha value is -3.63. The van der Waals surface area contributed by atoms with Crippen LogP contribution in [0.15, 0.2) is 52.5 Å². The fourth-order valence-electron chi connectivity index (χ4n) is 7.15. The minimum absolute atomic E-state index is 0.0450. The Labute approximate surface area is 292 Å². The van der Waals surface area contributed by atoms with Gasteiger partial charge in [0, 0.05) is 54.6 Å². The van der Waals surface area contributed by atoms with Crippen molar-refractivity contribution in [1.82, 2.24) is 20.3 Å². The number of nitrogens with zero attached hydrogens (tertiary/aromatic N) is 3. The third-order valence-electron chi connectivity index (χ3n) is 9.40. The van der Waals surface area contributed by atoms with Gasteiger partial charge in [-0.05, 0) is 61.8 Å². The third-order valence-corrected chi connectivity index (χ3v) is 10.6. The average molecular weight is 749 g/mol. The van der Waals surface area contributed by atoms with E-state index in [2.05, 4.69) is 4.98 Å². The van der Waals surface area contributed by atoms with Crippen molar-refractivity contribution in [3.8, 4) is 5.75 Å². The largest absolute Gasteiger partial charge is 0.474 e. The Morgan fingerprint density at radius 1 is 1.14 bits per heavy atom. The topological polar surface area (TPSA) is 112 Å². The molecule has 0 aromatic carbocycles. The van der Waals surface area contributed by atoms with Gasteiger partial charge in [-0.25, -0.2) is 5.48 Å². The van der Waals surface area contributed by atoms with Gasteiger partial charge in [0.25, 0.3) is 11.8 Å². The van der Waals surface area contributed by atoms with E-state index >= 15 is 4.79 Å². The first-order chi connectivity index (χ1) is 23.6. The van der Waals surface area contributed by atoms with Gasteiger partial charge in [-0.1, -0.05) is 31.0 Å². The van der Waals surface area contributed by atoms with Crippen LogP contribution in [0.1, 0.15) is 79.2 Å². The van der Waals surface area contributed by atoms with E-state index in [0.717, 1.165) is 40.2 Å². The molecule has 0 bridgehead atoms. The molecule has 2 aromatic heterocycles. The minimum atomic E-state index is -4.92. The number of fused-ring (bicyclic) bond motifs is 1. The first-order valence-corrected chi connectivity index (χ1v) is 17.3. The van der Waals surface area contributed by atoms with E-state index in [9.17, 15) is 35.9 Å². The molecule has 50 heavy (non-hydrogen) atoms. The van der Waals surface area contributed by atoms with E-state index in [1.807, 2.05) is 0 Å². The summed E-state index contributed by atoms with van der Waals surface area (Å²) < 4.78 is 89.5. The Morgan fingerprint density at radius 2 is 1.90 bits per heavy atom. The van der Waals surface area contributed by atoms with Gasteiger partial charge in [0.05, 0.1) is 11.6 Å². The van der Waals surface area contributed by atoms with Gasteiger partial charge in [-0.15, -0.1) is 11.3 Å². The summed E-state index contributed by atoms with van der Waals surface area (Å²) in [7, 11) is 0. The van der Waals surface area contributed by atoms with Gasteiger partial charge in [0.1, 0.15) is 16.3 Å². The van der Waals surface area contributed by atoms with Crippen LogP contribution in [0.5, 0.6) is 5.75 Å². The smallest absolute Gasteiger partial charge is 0.425 e. The molecule has 2 saturated heterocycles. The summed E-state index contributed by atoms with van der Waals surface area (Å²) in [6, 6.07) is 0.698. The van der Waals surface area contributed by atoms with E-state index in [4.69, 9.17) is 21.5 Å². The summed E-state index contributed by atoms with van der Waals surface area (Å²) in [5, 5.41) is 10.8. The highest BCUT2D eigenvalue weighted by molar-refractivity contribution is 7.10. The molecule has 9 nitrogen and oxygen atoms in total. The Morgan fingerprint density at radius 3 is 2.56 bits per heavy atom. The zero-order valence-electron chi connectivity index (χ0n) is 26.8. The standard InChI is InChI=1S/C33H35ClF6N4O5S/c1-2-5-25-31(49-23-16-26(50-18-23)33(38,39)40,11-4-13-43(25)29(46)28-24(32(35,36)37)6-3-12-41-28)30(47)44-17-19-7-8-21(34)14-20(19)15-22(44)9-10-27(45)42-48/h3,6-8,12,16,18,20,22,25,48H,2,4-5,9-11,13-15,17H2,1H3,(H,42,45)/t20?,22-,25+,31-/m0/s1. The number of piperidine rings is 2. The number of allylic oxidation sites excluding steroid dienone is 3. The molecule has 0 saturated carbocycles. The summed E-state index contributed by atoms with van der Waals surface area (Å²) in [6.45, 7) is 1.72. The number of carbonyl (C=O) groups excluding carboxylic acids is 3. The molecular formula is C33H35ClF6N4O5S. The van der Waals surface area contributed by atoms with E-state index < -0.39 is 63.9 Å². The van der Waals surface area contributed by atoms with Crippen molar-refractivity contribution in [2.75, 3.05) is 13.1 Å². The Kier molecular flexibility index (Phi) is 11.2. The summed E-state index contributed by atoms with van der Waals surface area (Å²) in [5.74, 6) is -2.83. The monoisotopic (exact) mass is 748 g/mol. The fourth-order valence-corrected chi connectivity index (χ4v) is 8.08. The number of amides is 3. The van der Waals surface area contributed by atoms with Crippen LogP contribution in [0, 0.1) is 5.92 Å². The summed E-state index contributed by atoms with van der Waals surface area (Å²) >= 11 is 6.67. The lowest BCUT2D eigenvalue weighted by Crippen LogP contribution is -2.69. The number of hydrogen-bond acceptors (Lipinski definition) is 7. The number of rotatable bonds is 9. The number of thiophene rings is 1. The van der Waals surface area contributed by atoms with Crippen molar-refractivity contribution in [3.05, 3.63) is 68.7 Å². The van der Waals surface area contributed by atoms with Gasteiger partial charge in [-0.3, -0.25) is 24.6 Å². The number of ether oxygens (including phenoxy) is 1. The molecule has 5 rings (SSSR count). The van der Waals surface area contributed by atoms with Crippen LogP contribution in [0.2, 0.25) is 0 Å². The van der Waals surface area contributed by atoms with Crippen molar-refractivity contribution in [1.29, 1.82) is 0 Å². The zero-order valence-corrected chi connectivity index (χ0v) is 28.4. The number of likely N-dealkylation sites (tertiary alicyclic amines) is 2. The maximum absolute atomic E-state index is 15.2. The van der Waals surface area contributed by atoms with Crippen LogP contribution in [0.4, 0.5) is 26.3 Å². The van der Waals surface area contributed by atoms with E-state index in [0.29, 0.717) is 35.6 Å². The molecule has 0 spiro atoms. The number of hydroxylamine groups is 1. The predicted octanol–water partition coefficient (Wildman–Crippen LogP) is 7.36. The number of halogens is 7. The molecule has 2 aliphatic heterocycles. The Bertz CT molecular complexity index is 1660. The second-order valence-electron chi connectivity index (χ2n) is 12.6. The van der Waals surface area contributed by atoms with Crippen LogP contribution < -0.4 is 10.2 Å². The molecule has 0 radical (unpaired) electrons. The van der Waals surface area contributed by atoms with E-state index in [1.54, 1.807) is 24.6 Å². The SMILES string of the molecule is CCC[C@H]1N(C(=O)c2ncccc2C(F)(F)F)CCC[C@@]1(Oc1csc(C(F)(F)F)c1)C(=O)N1CC2=CC=C(Cl)CC2C[C@@H]1CCC(=O)NO. The molecule has 272 valence electrons. The first kappa shape index (κ1) is 37.6. The van der Waals surface area contributed by atoms with Crippen molar-refractivity contribution < 1.29 is 50.7 Å². The molecule has 2 N–H and O–H groups in total. The second-order valence-corrected chi connectivity index (χ2v) is 14.0. The van der Waals surface area contributed by atoms with Crippen LogP contribution in [0.25, 0.3) is 0 Å². The van der Waals surface area contributed by atoms with Crippen molar-refractivity contribution in [2.24, 2.45) is 5.92 Å². The molecule has 4 heterocycles. The molecule has 2 fully saturated rings. The molecule has 3 aliphatic rings. The minimum Gasteiger partial charge on any atom is -0.474 e. The maximum Gasteiger partial charge on any atom is 0.425 e. The predicted molar refractivity (Wildman–Crippen MR) is 170 cm³/mol. The number of hydrogen-bond donors (Lipinski definition) is 2. The normalized spacial score (nSPS) is 24.2. The highest BCUT2D eigenvalue weighted by Crippen LogP contribution is 2.45. The Balaban J connectivity index is 1.63. The fraction of sp³-hybridized carbons (Fsp3) is 0.515. The van der Waals surface area contributed by atoms with Gasteiger partial charge in [-0.2, -0.15) is 26.3 Å². The van der Waals surface area contributed by atoms with Crippen molar-refractivity contribution >= 4 is 40.7 Å². The highest BCUT2D eigenvalue weighted by atomic mass is 35.5. The van der Waals surface area contributed by atoms with E-state index in [1.165, 1.54) is 4.90 Å². The van der Waals surface area contributed by atoms with Crippen molar-refractivity contribution in [2.45, 2.75) is 88.3 Å². The van der Waals surface area contributed by atoms with Crippen molar-refractivity contribution in [3.63, 3.8) is 0 Å². The maximum atomic E-state index is 15.2. The summed E-state index contributed by atoms with van der Waals surface area (Å²) in [4.78, 5) is 46.7. The number of pyridine rings is 1. The molecule has 1 unspecified atom stereocenters. The van der Waals surface area contributed by atoms with Crippen LogP contribution in [-0.4, -0.2) is 68.5 Å². The summed E-state index contributed by atoms with van der Waals surface area (Å²) in [6.07, 6.45) is -3.94. The number of nitrogens with one attached hydrogen (secondary N) is 1. The molecule has 3 amide bonds.